The second-order valence-corrected chi connectivity index (χ2v) is 6.07. The van der Waals surface area contributed by atoms with Crippen LogP contribution in [0.15, 0.2) is 24.3 Å². The number of esters is 1. The maximum Gasteiger partial charge on any atom is 0.338 e. The molecule has 1 aromatic carbocycles. The highest BCUT2D eigenvalue weighted by molar-refractivity contribution is 5.98. The molecule has 148 valence electrons. The second kappa shape index (κ2) is 10.8. The standard InChI is InChI=1S/C18H26N4O5/c1-5-19-17(25)22-15(23)12(4)27-16(24)14-8-6-13(7-9-14)10-20-18(26)21-11(2)3/h6-9,11-12H,5,10H2,1-4H3,(H2,20,21,26)(H2,19,22,23,25)/t12-/m0/s1. The molecule has 0 spiro atoms. The van der Waals surface area contributed by atoms with Gasteiger partial charge >= 0.3 is 18.0 Å². The minimum Gasteiger partial charge on any atom is -0.449 e. The second-order valence-electron chi connectivity index (χ2n) is 6.07. The van der Waals surface area contributed by atoms with Gasteiger partial charge in [0.2, 0.25) is 0 Å². The van der Waals surface area contributed by atoms with Gasteiger partial charge in [0.05, 0.1) is 5.56 Å². The monoisotopic (exact) mass is 378 g/mol. The van der Waals surface area contributed by atoms with Crippen LogP contribution in [-0.4, -0.2) is 42.6 Å². The van der Waals surface area contributed by atoms with E-state index in [1.807, 2.05) is 13.8 Å². The van der Waals surface area contributed by atoms with Crippen LogP contribution in [0.1, 0.15) is 43.6 Å². The molecule has 0 aromatic heterocycles. The van der Waals surface area contributed by atoms with Crippen LogP contribution in [0.3, 0.4) is 0 Å². The van der Waals surface area contributed by atoms with E-state index in [2.05, 4.69) is 21.3 Å². The summed E-state index contributed by atoms with van der Waals surface area (Å²) in [5, 5.41) is 9.89. The minimum absolute atomic E-state index is 0.0365. The molecule has 0 saturated heterocycles. The summed E-state index contributed by atoms with van der Waals surface area (Å²) in [6, 6.07) is 5.53. The van der Waals surface area contributed by atoms with Crippen molar-refractivity contribution in [3.05, 3.63) is 35.4 Å². The molecular formula is C18H26N4O5. The van der Waals surface area contributed by atoms with Crippen LogP contribution in [0.4, 0.5) is 9.59 Å². The first-order valence-corrected chi connectivity index (χ1v) is 8.65. The van der Waals surface area contributed by atoms with E-state index in [1.54, 1.807) is 19.1 Å². The van der Waals surface area contributed by atoms with Gasteiger partial charge < -0.3 is 20.7 Å². The summed E-state index contributed by atoms with van der Waals surface area (Å²) >= 11 is 0. The van der Waals surface area contributed by atoms with Crippen LogP contribution in [0.5, 0.6) is 0 Å². The Labute approximate surface area is 158 Å². The van der Waals surface area contributed by atoms with E-state index in [-0.39, 0.29) is 17.6 Å². The number of hydrogen-bond donors (Lipinski definition) is 4. The number of carbonyl (C=O) groups excluding carboxylic acids is 4. The van der Waals surface area contributed by atoms with Crippen molar-refractivity contribution >= 4 is 23.9 Å². The molecule has 1 aromatic rings. The van der Waals surface area contributed by atoms with Crippen molar-refractivity contribution in [2.45, 2.75) is 46.4 Å². The number of nitrogens with one attached hydrogen (secondary N) is 4. The fourth-order valence-electron chi connectivity index (χ4n) is 1.95. The first-order valence-electron chi connectivity index (χ1n) is 8.65. The Morgan fingerprint density at radius 3 is 2.15 bits per heavy atom. The van der Waals surface area contributed by atoms with Gasteiger partial charge in [0, 0.05) is 19.1 Å². The van der Waals surface area contributed by atoms with Gasteiger partial charge in [-0.15, -0.1) is 0 Å². The smallest absolute Gasteiger partial charge is 0.338 e. The first kappa shape index (κ1) is 21.9. The summed E-state index contributed by atoms with van der Waals surface area (Å²) in [6.07, 6.45) is -1.12. The average molecular weight is 378 g/mol. The van der Waals surface area contributed by atoms with Gasteiger partial charge in [0.15, 0.2) is 6.10 Å². The van der Waals surface area contributed by atoms with Crippen LogP contribution >= 0.6 is 0 Å². The predicted octanol–water partition coefficient (Wildman–Crippen LogP) is 1.29. The molecule has 0 fully saturated rings. The van der Waals surface area contributed by atoms with Crippen molar-refractivity contribution < 1.29 is 23.9 Å². The van der Waals surface area contributed by atoms with Crippen LogP contribution in [-0.2, 0) is 16.1 Å². The van der Waals surface area contributed by atoms with Crippen LogP contribution < -0.4 is 21.3 Å². The molecule has 0 aliphatic carbocycles. The van der Waals surface area contributed by atoms with Gasteiger partial charge in [-0.25, -0.2) is 14.4 Å². The third-order valence-corrected chi connectivity index (χ3v) is 3.29. The molecule has 1 rings (SSSR count). The maximum atomic E-state index is 12.1. The molecule has 0 heterocycles. The summed E-state index contributed by atoms with van der Waals surface area (Å²) in [5.74, 6) is -1.41. The lowest BCUT2D eigenvalue weighted by Gasteiger charge is -2.13. The normalized spacial score (nSPS) is 11.3. The maximum absolute atomic E-state index is 12.1. The van der Waals surface area contributed by atoms with E-state index in [4.69, 9.17) is 4.74 Å². The lowest BCUT2D eigenvalue weighted by atomic mass is 10.1. The third kappa shape index (κ3) is 8.21. The molecule has 27 heavy (non-hydrogen) atoms. The number of carbonyl (C=O) groups is 4. The lowest BCUT2D eigenvalue weighted by Crippen LogP contribution is -2.44. The molecule has 0 aliphatic heterocycles. The number of benzene rings is 1. The Kier molecular flexibility index (Phi) is 8.77. The number of hydrogen-bond acceptors (Lipinski definition) is 5. The molecule has 0 bridgehead atoms. The summed E-state index contributed by atoms with van der Waals surface area (Å²) < 4.78 is 5.05. The third-order valence-electron chi connectivity index (χ3n) is 3.29. The van der Waals surface area contributed by atoms with Gasteiger partial charge in [-0.3, -0.25) is 10.1 Å². The van der Waals surface area contributed by atoms with Crippen LogP contribution in [0, 0.1) is 0 Å². The summed E-state index contributed by atoms with van der Waals surface area (Å²) in [7, 11) is 0. The van der Waals surface area contributed by atoms with Crippen molar-refractivity contribution in [2.24, 2.45) is 0 Å². The van der Waals surface area contributed by atoms with Crippen molar-refractivity contribution in [3.8, 4) is 0 Å². The quantitative estimate of drug-likeness (QED) is 0.532. The lowest BCUT2D eigenvalue weighted by molar-refractivity contribution is -0.127. The number of rotatable bonds is 7. The van der Waals surface area contributed by atoms with E-state index in [1.165, 1.54) is 19.1 Å². The molecule has 9 nitrogen and oxygen atoms in total. The van der Waals surface area contributed by atoms with Crippen molar-refractivity contribution in [2.75, 3.05) is 6.54 Å². The van der Waals surface area contributed by atoms with E-state index >= 15 is 0 Å². The van der Waals surface area contributed by atoms with E-state index in [0.717, 1.165) is 5.56 Å². The Balaban J connectivity index is 2.52. The zero-order chi connectivity index (χ0) is 20.4. The highest BCUT2D eigenvalue weighted by atomic mass is 16.5. The molecule has 0 aliphatic rings. The SMILES string of the molecule is CCNC(=O)NC(=O)[C@H](C)OC(=O)c1ccc(CNC(=O)NC(C)C)cc1. The Hall–Kier alpha value is -3.10. The number of amides is 5. The highest BCUT2D eigenvalue weighted by Gasteiger charge is 2.20. The summed E-state index contributed by atoms with van der Waals surface area (Å²) in [6.45, 7) is 7.48. The molecule has 0 unspecified atom stereocenters. The molecule has 1 atom stereocenters. The summed E-state index contributed by atoms with van der Waals surface area (Å²) in [5.41, 5.74) is 1.05. The molecular weight excluding hydrogens is 352 g/mol. The van der Waals surface area contributed by atoms with Crippen molar-refractivity contribution in [3.63, 3.8) is 0 Å². The fourth-order valence-corrected chi connectivity index (χ4v) is 1.95. The topological polar surface area (TPSA) is 126 Å². The molecule has 0 saturated carbocycles. The van der Waals surface area contributed by atoms with Crippen molar-refractivity contribution in [1.29, 1.82) is 0 Å². The molecule has 0 radical (unpaired) electrons. The van der Waals surface area contributed by atoms with E-state index in [0.29, 0.717) is 13.1 Å². The largest absolute Gasteiger partial charge is 0.449 e. The first-order chi connectivity index (χ1) is 12.7. The zero-order valence-corrected chi connectivity index (χ0v) is 15.9. The van der Waals surface area contributed by atoms with Gasteiger partial charge in [0.25, 0.3) is 5.91 Å². The number of ether oxygens (including phenoxy) is 1. The van der Waals surface area contributed by atoms with Gasteiger partial charge in [-0.2, -0.15) is 0 Å². The predicted molar refractivity (Wildman–Crippen MR) is 99.0 cm³/mol. The highest BCUT2D eigenvalue weighted by Crippen LogP contribution is 2.08. The van der Waals surface area contributed by atoms with Gasteiger partial charge in [-0.05, 0) is 45.4 Å². The Morgan fingerprint density at radius 2 is 1.59 bits per heavy atom. The molecule has 5 amide bonds. The number of imide groups is 1. The van der Waals surface area contributed by atoms with Crippen molar-refractivity contribution in [1.82, 2.24) is 21.3 Å². The number of urea groups is 2. The van der Waals surface area contributed by atoms with E-state index in [9.17, 15) is 19.2 Å². The van der Waals surface area contributed by atoms with Crippen LogP contribution in [0.25, 0.3) is 0 Å². The minimum atomic E-state index is -1.12. The summed E-state index contributed by atoms with van der Waals surface area (Å²) in [4.78, 5) is 46.7. The average Bonchev–Trinajstić information content (AvgIpc) is 2.59. The van der Waals surface area contributed by atoms with Gasteiger partial charge in [-0.1, -0.05) is 12.1 Å². The van der Waals surface area contributed by atoms with Gasteiger partial charge in [0.1, 0.15) is 0 Å². The fraction of sp³-hybridized carbons (Fsp3) is 0.444. The zero-order valence-electron chi connectivity index (χ0n) is 15.9. The Morgan fingerprint density at radius 1 is 0.963 bits per heavy atom. The van der Waals surface area contributed by atoms with E-state index < -0.39 is 24.0 Å². The Bertz CT molecular complexity index is 673. The molecule has 9 heteroatoms. The molecule has 4 N–H and O–H groups in total. The van der Waals surface area contributed by atoms with Crippen LogP contribution in [0.2, 0.25) is 0 Å².